The maximum atomic E-state index is 12.4. The number of nitrogens with zero attached hydrogens (tertiary/aromatic N) is 2. The Kier molecular flexibility index (Phi) is 3.10. The summed E-state index contributed by atoms with van der Waals surface area (Å²) in [5.41, 5.74) is 0.832. The van der Waals surface area contributed by atoms with Gasteiger partial charge in [0.1, 0.15) is 6.04 Å². The first-order chi connectivity index (χ1) is 9.66. The lowest BCUT2D eigenvalue weighted by molar-refractivity contribution is -0.125. The topological polar surface area (TPSA) is 62.3 Å². The monoisotopic (exact) mass is 269 g/mol. The zero-order valence-corrected chi connectivity index (χ0v) is 11.2. The maximum Gasteiger partial charge on any atom is 0.249 e. The smallest absolute Gasteiger partial charge is 0.249 e. The number of hydrogen-bond acceptors (Lipinski definition) is 3. The van der Waals surface area contributed by atoms with Crippen molar-refractivity contribution in [2.24, 2.45) is 0 Å². The highest BCUT2D eigenvalue weighted by Gasteiger charge is 2.28. The van der Waals surface area contributed by atoms with Crippen LogP contribution in [0.3, 0.4) is 0 Å². The second kappa shape index (κ2) is 4.92. The lowest BCUT2D eigenvalue weighted by Gasteiger charge is -2.23. The van der Waals surface area contributed by atoms with Crippen molar-refractivity contribution in [2.75, 3.05) is 11.4 Å². The van der Waals surface area contributed by atoms with Gasteiger partial charge in [0.05, 0.1) is 5.69 Å². The molecule has 0 radical (unpaired) electrons. The number of carbonyl (C=O) groups excluding carboxylic acids is 2. The molecule has 1 atom stereocenters. The second-order valence-electron chi connectivity index (χ2n) is 4.90. The highest BCUT2D eigenvalue weighted by molar-refractivity contribution is 6.07. The molecule has 5 heteroatoms. The fourth-order valence-electron chi connectivity index (χ4n) is 2.51. The van der Waals surface area contributed by atoms with E-state index in [1.807, 2.05) is 24.3 Å². The van der Waals surface area contributed by atoms with Gasteiger partial charge in [0.2, 0.25) is 11.8 Å². The average Bonchev–Trinajstić information content (AvgIpc) is 2.58. The van der Waals surface area contributed by atoms with Crippen molar-refractivity contribution in [2.45, 2.75) is 19.4 Å². The molecule has 1 aromatic carbocycles. The van der Waals surface area contributed by atoms with Crippen LogP contribution in [0.15, 0.2) is 36.7 Å². The molecule has 1 aliphatic heterocycles. The van der Waals surface area contributed by atoms with Crippen LogP contribution in [0.25, 0.3) is 10.8 Å². The van der Waals surface area contributed by atoms with E-state index in [-0.39, 0.29) is 11.8 Å². The quantitative estimate of drug-likeness (QED) is 0.853. The molecule has 2 amide bonds. The number of fused-ring (bicyclic) bond motifs is 1. The van der Waals surface area contributed by atoms with E-state index in [0.717, 1.165) is 16.5 Å². The first-order valence-corrected chi connectivity index (χ1v) is 6.60. The molecule has 1 aliphatic rings. The molecule has 5 nitrogen and oxygen atoms in total. The normalized spacial score (nSPS) is 19.9. The highest BCUT2D eigenvalue weighted by Crippen LogP contribution is 2.27. The number of hydrogen-bond donors (Lipinski definition) is 1. The third kappa shape index (κ3) is 2.11. The standard InChI is InChI=1S/C15H15N3O2/c1-10-15(20)18(8-6-14(19)17-10)13-4-2-3-11-9-16-7-5-12(11)13/h2-5,7,9-10H,6,8H2,1H3,(H,17,19). The van der Waals surface area contributed by atoms with Gasteiger partial charge in [-0.2, -0.15) is 0 Å². The summed E-state index contributed by atoms with van der Waals surface area (Å²) < 4.78 is 0. The summed E-state index contributed by atoms with van der Waals surface area (Å²) in [5.74, 6) is -0.171. The minimum absolute atomic E-state index is 0.0832. The summed E-state index contributed by atoms with van der Waals surface area (Å²) >= 11 is 0. The van der Waals surface area contributed by atoms with Crippen LogP contribution in [0, 0.1) is 0 Å². The molecule has 1 unspecified atom stereocenters. The zero-order valence-electron chi connectivity index (χ0n) is 11.2. The summed E-state index contributed by atoms with van der Waals surface area (Å²) in [4.78, 5) is 29.8. The number of nitrogens with one attached hydrogen (secondary N) is 1. The summed E-state index contributed by atoms with van der Waals surface area (Å²) in [7, 11) is 0. The highest BCUT2D eigenvalue weighted by atomic mass is 16.2. The van der Waals surface area contributed by atoms with Gasteiger partial charge in [0, 0.05) is 36.1 Å². The molecule has 0 aliphatic carbocycles. The van der Waals surface area contributed by atoms with Crippen molar-refractivity contribution in [3.8, 4) is 0 Å². The molecule has 2 aromatic rings. The fraction of sp³-hybridized carbons (Fsp3) is 0.267. The number of benzene rings is 1. The van der Waals surface area contributed by atoms with Gasteiger partial charge in [-0.1, -0.05) is 12.1 Å². The van der Waals surface area contributed by atoms with Crippen molar-refractivity contribution < 1.29 is 9.59 Å². The number of pyridine rings is 1. The van der Waals surface area contributed by atoms with Gasteiger partial charge in [-0.15, -0.1) is 0 Å². The van der Waals surface area contributed by atoms with Gasteiger partial charge < -0.3 is 10.2 Å². The Hall–Kier alpha value is -2.43. The van der Waals surface area contributed by atoms with E-state index in [1.165, 1.54) is 0 Å². The number of carbonyl (C=O) groups is 2. The molecule has 1 saturated heterocycles. The number of aromatic nitrogens is 1. The number of amides is 2. The van der Waals surface area contributed by atoms with Gasteiger partial charge >= 0.3 is 0 Å². The van der Waals surface area contributed by atoms with Crippen LogP contribution in [0.1, 0.15) is 13.3 Å². The minimum atomic E-state index is -0.498. The average molecular weight is 269 g/mol. The SMILES string of the molecule is CC1NC(=O)CCN(c2cccc3cnccc23)C1=O. The van der Waals surface area contributed by atoms with E-state index < -0.39 is 6.04 Å². The van der Waals surface area contributed by atoms with Gasteiger partial charge in [-0.25, -0.2) is 0 Å². The molecule has 0 spiro atoms. The summed E-state index contributed by atoms with van der Waals surface area (Å²) in [6.07, 6.45) is 3.80. The van der Waals surface area contributed by atoms with Crippen LogP contribution < -0.4 is 10.2 Å². The van der Waals surface area contributed by atoms with E-state index in [1.54, 1.807) is 24.2 Å². The van der Waals surface area contributed by atoms with Crippen LogP contribution in [-0.2, 0) is 9.59 Å². The largest absolute Gasteiger partial charge is 0.345 e. The van der Waals surface area contributed by atoms with Crippen molar-refractivity contribution >= 4 is 28.3 Å². The van der Waals surface area contributed by atoms with Gasteiger partial charge in [0.25, 0.3) is 0 Å². The van der Waals surface area contributed by atoms with Crippen LogP contribution in [0.4, 0.5) is 5.69 Å². The summed E-state index contributed by atoms with van der Waals surface area (Å²) in [6, 6.07) is 7.16. The fourth-order valence-corrected chi connectivity index (χ4v) is 2.51. The van der Waals surface area contributed by atoms with E-state index in [0.29, 0.717) is 13.0 Å². The lowest BCUT2D eigenvalue weighted by atomic mass is 10.1. The van der Waals surface area contributed by atoms with Gasteiger partial charge in [0.15, 0.2) is 0 Å². The first-order valence-electron chi connectivity index (χ1n) is 6.60. The van der Waals surface area contributed by atoms with Crippen molar-refractivity contribution in [3.63, 3.8) is 0 Å². The van der Waals surface area contributed by atoms with Crippen LogP contribution in [0.2, 0.25) is 0 Å². The summed E-state index contributed by atoms with van der Waals surface area (Å²) in [6.45, 7) is 2.11. The molecule has 1 N–H and O–H groups in total. The third-order valence-corrected chi connectivity index (χ3v) is 3.52. The Bertz CT molecular complexity index is 678. The Labute approximate surface area is 116 Å². The molecule has 102 valence electrons. The molecule has 0 bridgehead atoms. The molecule has 1 aromatic heterocycles. The van der Waals surface area contributed by atoms with Crippen molar-refractivity contribution in [1.82, 2.24) is 10.3 Å². The van der Waals surface area contributed by atoms with Crippen LogP contribution >= 0.6 is 0 Å². The van der Waals surface area contributed by atoms with Gasteiger partial charge in [-0.05, 0) is 19.1 Å². The Morgan fingerprint density at radius 1 is 1.30 bits per heavy atom. The lowest BCUT2D eigenvalue weighted by Crippen LogP contribution is -2.42. The molecule has 20 heavy (non-hydrogen) atoms. The maximum absolute atomic E-state index is 12.4. The predicted molar refractivity (Wildman–Crippen MR) is 76.3 cm³/mol. The molecule has 0 saturated carbocycles. The van der Waals surface area contributed by atoms with E-state index in [9.17, 15) is 9.59 Å². The van der Waals surface area contributed by atoms with Crippen LogP contribution in [0.5, 0.6) is 0 Å². The first kappa shape index (κ1) is 12.6. The molecule has 3 rings (SSSR count). The Balaban J connectivity index is 2.09. The molecular weight excluding hydrogens is 254 g/mol. The van der Waals surface area contributed by atoms with E-state index >= 15 is 0 Å². The second-order valence-corrected chi connectivity index (χ2v) is 4.90. The Morgan fingerprint density at radius 3 is 3.00 bits per heavy atom. The van der Waals surface area contributed by atoms with Crippen LogP contribution in [-0.4, -0.2) is 29.4 Å². The minimum Gasteiger partial charge on any atom is -0.345 e. The number of rotatable bonds is 1. The predicted octanol–water partition coefficient (Wildman–Crippen LogP) is 1.48. The Morgan fingerprint density at radius 2 is 2.15 bits per heavy atom. The van der Waals surface area contributed by atoms with E-state index in [2.05, 4.69) is 10.3 Å². The van der Waals surface area contributed by atoms with E-state index in [4.69, 9.17) is 0 Å². The molecular formula is C15H15N3O2. The molecule has 1 fully saturated rings. The third-order valence-electron chi connectivity index (χ3n) is 3.52. The zero-order chi connectivity index (χ0) is 14.1. The number of anilines is 1. The molecule has 2 heterocycles. The van der Waals surface area contributed by atoms with Crippen molar-refractivity contribution in [1.29, 1.82) is 0 Å². The van der Waals surface area contributed by atoms with Crippen molar-refractivity contribution in [3.05, 3.63) is 36.7 Å². The van der Waals surface area contributed by atoms with Gasteiger partial charge in [-0.3, -0.25) is 14.6 Å². The summed E-state index contributed by atoms with van der Waals surface area (Å²) in [5, 5.41) is 4.65.